The van der Waals surface area contributed by atoms with Crippen LogP contribution in [0.2, 0.25) is 0 Å². The van der Waals surface area contributed by atoms with Crippen LogP contribution >= 0.6 is 0 Å². The second-order valence-corrected chi connectivity index (χ2v) is 5.39. The molecule has 3 atom stereocenters. The van der Waals surface area contributed by atoms with E-state index >= 15 is 0 Å². The molecule has 2 rings (SSSR count). The van der Waals surface area contributed by atoms with Crippen LogP contribution in [0.4, 0.5) is 0 Å². The number of hydrogen-bond donors (Lipinski definition) is 1. The highest BCUT2D eigenvalue weighted by Gasteiger charge is 2.48. The van der Waals surface area contributed by atoms with Crippen LogP contribution in [0.3, 0.4) is 0 Å². The lowest BCUT2D eigenvalue weighted by Crippen LogP contribution is -2.48. The van der Waals surface area contributed by atoms with Crippen molar-refractivity contribution in [3.8, 4) is 0 Å². The van der Waals surface area contributed by atoms with E-state index < -0.39 is 18.1 Å². The van der Waals surface area contributed by atoms with Crippen LogP contribution in [0, 0.1) is 5.92 Å². The highest BCUT2D eigenvalue weighted by Crippen LogP contribution is 2.30. The lowest BCUT2D eigenvalue weighted by atomic mass is 10.0. The third-order valence-electron chi connectivity index (χ3n) is 4.06. The van der Waals surface area contributed by atoms with Gasteiger partial charge < -0.3 is 5.11 Å². The molecule has 0 radical (unpaired) electrons. The van der Waals surface area contributed by atoms with Crippen molar-refractivity contribution in [2.45, 2.75) is 45.2 Å². The number of carboxylic acids is 1. The number of carboxylic acid groups (broad SMARTS) is 1. The van der Waals surface area contributed by atoms with Gasteiger partial charge in [0.2, 0.25) is 11.8 Å². The summed E-state index contributed by atoms with van der Waals surface area (Å²) in [5.41, 5.74) is 0. The Morgan fingerprint density at radius 2 is 2.11 bits per heavy atom. The van der Waals surface area contributed by atoms with Gasteiger partial charge in [-0.3, -0.25) is 24.2 Å². The number of carbonyl (C=O) groups is 3. The Balaban J connectivity index is 2.17. The summed E-state index contributed by atoms with van der Waals surface area (Å²) in [5, 5.41) is 9.28. The number of carbonyl (C=O) groups excluding carboxylic acids is 2. The van der Waals surface area contributed by atoms with E-state index in [9.17, 15) is 19.5 Å². The van der Waals surface area contributed by atoms with Gasteiger partial charge in [0.1, 0.15) is 6.04 Å². The molecule has 6 nitrogen and oxygen atoms in total. The first-order valence-electron chi connectivity index (χ1n) is 6.80. The molecular weight excluding hydrogens is 248 g/mol. The smallest absolute Gasteiger partial charge is 0.321 e. The molecule has 0 aromatic heterocycles. The second kappa shape index (κ2) is 5.28. The Kier molecular flexibility index (Phi) is 3.89. The van der Waals surface area contributed by atoms with Crippen LogP contribution < -0.4 is 0 Å². The second-order valence-electron chi connectivity index (χ2n) is 5.39. The zero-order valence-electron chi connectivity index (χ0n) is 11.3. The molecule has 3 unspecified atom stereocenters. The molecule has 0 spiro atoms. The molecule has 0 aromatic carbocycles. The summed E-state index contributed by atoms with van der Waals surface area (Å²) >= 11 is 0. The zero-order chi connectivity index (χ0) is 14.2. The van der Waals surface area contributed by atoms with Crippen molar-refractivity contribution >= 4 is 17.8 Å². The van der Waals surface area contributed by atoms with E-state index in [4.69, 9.17) is 0 Å². The van der Waals surface area contributed by atoms with Crippen molar-refractivity contribution < 1.29 is 19.5 Å². The molecule has 0 aromatic rings. The van der Waals surface area contributed by atoms with Crippen LogP contribution in [0.1, 0.15) is 33.1 Å². The summed E-state index contributed by atoms with van der Waals surface area (Å²) in [6, 6.07) is -1.23. The topological polar surface area (TPSA) is 77.9 Å². The third kappa shape index (κ3) is 2.36. The van der Waals surface area contributed by atoms with E-state index in [-0.39, 0.29) is 24.2 Å². The van der Waals surface area contributed by atoms with Crippen molar-refractivity contribution in [1.29, 1.82) is 0 Å². The molecule has 2 fully saturated rings. The van der Waals surface area contributed by atoms with Crippen LogP contribution in [0.25, 0.3) is 0 Å². The molecule has 2 amide bonds. The molecule has 0 aliphatic carbocycles. The fourth-order valence-corrected chi connectivity index (χ4v) is 3.09. The standard InChI is InChI=1S/C13H20N2O4/c1-3-5-15-10(16)7-9(12(15)17)14-6-4-8(2)11(14)13(18)19/h8-9,11H,3-7H2,1-2H3,(H,18,19). The highest BCUT2D eigenvalue weighted by atomic mass is 16.4. The Bertz CT molecular complexity index is 409. The quantitative estimate of drug-likeness (QED) is 0.743. The summed E-state index contributed by atoms with van der Waals surface area (Å²) in [5.74, 6) is -1.30. The molecule has 0 bridgehead atoms. The third-order valence-corrected chi connectivity index (χ3v) is 4.06. The number of nitrogens with zero attached hydrogens (tertiary/aromatic N) is 2. The highest BCUT2D eigenvalue weighted by molar-refractivity contribution is 6.05. The van der Waals surface area contributed by atoms with E-state index in [2.05, 4.69) is 0 Å². The number of hydrogen-bond acceptors (Lipinski definition) is 4. The van der Waals surface area contributed by atoms with Gasteiger partial charge in [0.15, 0.2) is 0 Å². The summed E-state index contributed by atoms with van der Waals surface area (Å²) in [4.78, 5) is 38.4. The minimum Gasteiger partial charge on any atom is -0.480 e. The van der Waals surface area contributed by atoms with Crippen LogP contribution in [-0.4, -0.2) is 57.9 Å². The maximum absolute atomic E-state index is 12.2. The summed E-state index contributed by atoms with van der Waals surface area (Å²) in [6.45, 7) is 4.78. The maximum Gasteiger partial charge on any atom is 0.321 e. The minimum atomic E-state index is -0.904. The van der Waals surface area contributed by atoms with Crippen molar-refractivity contribution in [2.75, 3.05) is 13.1 Å². The SMILES string of the molecule is CCCN1C(=O)CC(N2CCC(C)C2C(=O)O)C1=O. The molecule has 2 saturated heterocycles. The van der Waals surface area contributed by atoms with E-state index in [0.29, 0.717) is 13.1 Å². The fraction of sp³-hybridized carbons (Fsp3) is 0.769. The van der Waals surface area contributed by atoms with Gasteiger partial charge in [-0.15, -0.1) is 0 Å². The average Bonchev–Trinajstić information content (AvgIpc) is 2.84. The number of imide groups is 1. The van der Waals surface area contributed by atoms with Crippen LogP contribution in [0.5, 0.6) is 0 Å². The summed E-state index contributed by atoms with van der Waals surface area (Å²) < 4.78 is 0. The maximum atomic E-state index is 12.2. The Labute approximate surface area is 112 Å². The van der Waals surface area contributed by atoms with Crippen molar-refractivity contribution in [2.24, 2.45) is 5.92 Å². The lowest BCUT2D eigenvalue weighted by molar-refractivity contribution is -0.145. The molecule has 2 aliphatic rings. The molecule has 6 heteroatoms. The molecule has 2 aliphatic heterocycles. The zero-order valence-corrected chi connectivity index (χ0v) is 11.3. The lowest BCUT2D eigenvalue weighted by Gasteiger charge is -2.27. The summed E-state index contributed by atoms with van der Waals surface area (Å²) in [6.07, 6.45) is 1.60. The molecule has 2 heterocycles. The van der Waals surface area contributed by atoms with Crippen LogP contribution in [0.15, 0.2) is 0 Å². The van der Waals surface area contributed by atoms with Crippen molar-refractivity contribution in [3.63, 3.8) is 0 Å². The normalized spacial score (nSPS) is 32.3. The number of rotatable bonds is 4. The molecule has 106 valence electrons. The van der Waals surface area contributed by atoms with E-state index in [1.54, 1.807) is 4.90 Å². The van der Waals surface area contributed by atoms with Gasteiger partial charge in [0, 0.05) is 13.1 Å². The minimum absolute atomic E-state index is 0.0145. The van der Waals surface area contributed by atoms with Gasteiger partial charge >= 0.3 is 5.97 Å². The van der Waals surface area contributed by atoms with Crippen molar-refractivity contribution in [1.82, 2.24) is 9.80 Å². The predicted octanol–water partition coefficient (Wildman–Crippen LogP) is 0.319. The van der Waals surface area contributed by atoms with E-state index in [1.807, 2.05) is 13.8 Å². The average molecular weight is 268 g/mol. The first kappa shape index (κ1) is 14.0. The van der Waals surface area contributed by atoms with Gasteiger partial charge in [-0.2, -0.15) is 0 Å². The predicted molar refractivity (Wildman–Crippen MR) is 67.3 cm³/mol. The van der Waals surface area contributed by atoms with Gasteiger partial charge in [0.05, 0.1) is 12.5 Å². The summed E-state index contributed by atoms with van der Waals surface area (Å²) in [7, 11) is 0. The Morgan fingerprint density at radius 3 is 2.68 bits per heavy atom. The van der Waals surface area contributed by atoms with Gasteiger partial charge in [-0.25, -0.2) is 0 Å². The Morgan fingerprint density at radius 1 is 1.42 bits per heavy atom. The van der Waals surface area contributed by atoms with Crippen LogP contribution in [-0.2, 0) is 14.4 Å². The first-order chi connectivity index (χ1) is 8.97. The number of aliphatic carboxylic acids is 1. The van der Waals surface area contributed by atoms with Gasteiger partial charge in [-0.1, -0.05) is 13.8 Å². The molecule has 19 heavy (non-hydrogen) atoms. The number of likely N-dealkylation sites (tertiary alicyclic amines) is 2. The van der Waals surface area contributed by atoms with Gasteiger partial charge in [0.25, 0.3) is 0 Å². The monoisotopic (exact) mass is 268 g/mol. The van der Waals surface area contributed by atoms with Gasteiger partial charge in [-0.05, 0) is 18.8 Å². The fourth-order valence-electron chi connectivity index (χ4n) is 3.09. The number of amides is 2. The first-order valence-corrected chi connectivity index (χ1v) is 6.80. The molecule has 0 saturated carbocycles. The molecular formula is C13H20N2O4. The largest absolute Gasteiger partial charge is 0.480 e. The van der Waals surface area contributed by atoms with E-state index in [1.165, 1.54) is 4.90 Å². The van der Waals surface area contributed by atoms with E-state index in [0.717, 1.165) is 12.8 Å². The molecule has 1 N–H and O–H groups in total. The van der Waals surface area contributed by atoms with Crippen molar-refractivity contribution in [3.05, 3.63) is 0 Å². The Hall–Kier alpha value is -1.43.